The monoisotopic (exact) mass is 716 g/mol. The summed E-state index contributed by atoms with van der Waals surface area (Å²) in [4.78, 5) is 0. The molecule has 0 aromatic heterocycles. The first-order valence-electron chi connectivity index (χ1n) is 13.5. The van der Waals surface area contributed by atoms with Crippen molar-refractivity contribution in [3.8, 4) is 0 Å². The largest absolute Gasteiger partial charge is 0.427 e. The minimum atomic E-state index is -2.22. The van der Waals surface area contributed by atoms with Crippen LogP contribution in [-0.2, 0) is 4.12 Å². The van der Waals surface area contributed by atoms with Crippen LogP contribution in [0.4, 0.5) is 0 Å². The predicted molar refractivity (Wildman–Crippen MR) is 206 cm³/mol. The van der Waals surface area contributed by atoms with Crippen LogP contribution < -0.4 is 38.7 Å². The van der Waals surface area contributed by atoms with Crippen LogP contribution in [0.15, 0.2) is 98.2 Å². The van der Waals surface area contributed by atoms with Crippen molar-refractivity contribution < 1.29 is 9.59 Å². The topological polar surface area (TPSA) is 160 Å². The molecule has 42 heavy (non-hydrogen) atoms. The second-order valence-corrected chi connectivity index (χ2v) is 42.0. The summed E-state index contributed by atoms with van der Waals surface area (Å²) in [6.07, 6.45) is 0. The molecule has 12 N–H and O–H groups in total. The lowest BCUT2D eigenvalue weighted by molar-refractivity contribution is 0.537. The van der Waals surface area contributed by atoms with Gasteiger partial charge >= 0.3 is 0 Å². The summed E-state index contributed by atoms with van der Waals surface area (Å²) in [5.74, 6) is 0. The standard InChI is InChI=1S/C12H28N4Si4.C12H27N3OSi4.H3N.H2O/c2*1-9-17(5)13-18(6,10-2)15-20(8,12-4)16-19(7,11-3)14-17;;/h9-16H,1-4H2,5-8H3;9-15H,1-4H2,5-8H3;1H3;1H2. The molecular formula is C24H60N8O2Si8. The molecule has 0 radical (unpaired) electrons. The molecule has 2 heterocycles. The lowest BCUT2D eigenvalue weighted by Gasteiger charge is -2.49. The van der Waals surface area contributed by atoms with Gasteiger partial charge in [0.05, 0.1) is 0 Å². The molecule has 2 fully saturated rings. The summed E-state index contributed by atoms with van der Waals surface area (Å²) in [6.45, 7) is 49.7. The normalized spacial score (nSPS) is 43.6. The Morgan fingerprint density at radius 1 is 0.357 bits per heavy atom. The van der Waals surface area contributed by atoms with E-state index in [4.69, 9.17) is 4.12 Å². The minimum absolute atomic E-state index is 0. The van der Waals surface area contributed by atoms with Crippen molar-refractivity contribution in [3.63, 3.8) is 0 Å². The third kappa shape index (κ3) is 11.3. The number of hydrogen-bond donors (Lipinski definition) is 8. The third-order valence-corrected chi connectivity index (χ3v) is 46.0. The maximum atomic E-state index is 6.51. The lowest BCUT2D eigenvalue weighted by Crippen LogP contribution is -2.89. The van der Waals surface area contributed by atoms with Crippen molar-refractivity contribution in [3.05, 3.63) is 98.2 Å². The molecule has 0 spiro atoms. The van der Waals surface area contributed by atoms with Gasteiger partial charge in [0.15, 0.2) is 0 Å². The van der Waals surface area contributed by atoms with Crippen LogP contribution in [0.2, 0.25) is 52.4 Å². The highest BCUT2D eigenvalue weighted by Crippen LogP contribution is 2.20. The van der Waals surface area contributed by atoms with Gasteiger partial charge in [-0.25, -0.2) is 0 Å². The van der Waals surface area contributed by atoms with Gasteiger partial charge < -0.3 is 48.3 Å². The quantitative estimate of drug-likeness (QED) is 0.177. The zero-order valence-corrected chi connectivity index (χ0v) is 35.4. The molecule has 0 bridgehead atoms. The Morgan fingerprint density at radius 3 is 0.667 bits per heavy atom. The molecule has 2 rings (SSSR count). The molecule has 0 amide bonds. The Morgan fingerprint density at radius 2 is 0.524 bits per heavy atom. The van der Waals surface area contributed by atoms with Crippen molar-refractivity contribution in [2.24, 2.45) is 0 Å². The summed E-state index contributed by atoms with van der Waals surface area (Å²) in [5, 5.41) is 0. The smallest absolute Gasteiger partial charge is 0.276 e. The highest BCUT2D eigenvalue weighted by Gasteiger charge is 2.50. The summed E-state index contributed by atoms with van der Waals surface area (Å²) >= 11 is 0. The first kappa shape index (κ1) is 43.4. The molecule has 4 atom stereocenters. The summed E-state index contributed by atoms with van der Waals surface area (Å²) in [6, 6.07) is 0. The van der Waals surface area contributed by atoms with Crippen LogP contribution in [0.25, 0.3) is 0 Å². The number of rotatable bonds is 8. The van der Waals surface area contributed by atoms with Gasteiger partial charge in [0, 0.05) is 0 Å². The van der Waals surface area contributed by atoms with Crippen molar-refractivity contribution in [1.29, 1.82) is 0 Å². The van der Waals surface area contributed by atoms with E-state index in [2.05, 4.69) is 160 Å². The maximum absolute atomic E-state index is 6.51. The summed E-state index contributed by atoms with van der Waals surface area (Å²) < 4.78 is 33.1. The molecule has 0 aromatic rings. The van der Waals surface area contributed by atoms with E-state index in [1.807, 2.05) is 22.8 Å². The van der Waals surface area contributed by atoms with E-state index in [1.165, 1.54) is 0 Å². The van der Waals surface area contributed by atoms with E-state index < -0.39 is 67.3 Å². The molecule has 0 aromatic carbocycles. The van der Waals surface area contributed by atoms with E-state index in [1.54, 1.807) is 0 Å². The Bertz CT molecular complexity index is 790. The Labute approximate surface area is 265 Å². The van der Waals surface area contributed by atoms with E-state index >= 15 is 0 Å². The number of hydrogen-bond acceptors (Lipinski definition) is 9. The van der Waals surface area contributed by atoms with Crippen LogP contribution >= 0.6 is 0 Å². The average Bonchev–Trinajstić information content (AvgIpc) is 2.87. The van der Waals surface area contributed by atoms with Crippen molar-refractivity contribution in [2.45, 2.75) is 52.4 Å². The van der Waals surface area contributed by atoms with Crippen LogP contribution in [0.1, 0.15) is 0 Å². The van der Waals surface area contributed by atoms with Crippen LogP contribution in [0, 0.1) is 0 Å². The van der Waals surface area contributed by atoms with Crippen LogP contribution in [0.3, 0.4) is 0 Å². The molecular weight excluding hydrogens is 657 g/mol. The van der Waals surface area contributed by atoms with Crippen LogP contribution in [-0.4, -0.2) is 72.8 Å². The average molecular weight is 717 g/mol. The minimum Gasteiger partial charge on any atom is -0.427 e. The molecule has 240 valence electrons. The molecule has 4 unspecified atom stereocenters. The molecule has 2 saturated heterocycles. The van der Waals surface area contributed by atoms with E-state index in [0.29, 0.717) is 0 Å². The first-order chi connectivity index (χ1) is 18.1. The van der Waals surface area contributed by atoms with Gasteiger partial charge in [-0.15, -0.1) is 52.6 Å². The van der Waals surface area contributed by atoms with Gasteiger partial charge in [0.2, 0.25) is 50.4 Å². The molecule has 0 aliphatic carbocycles. The van der Waals surface area contributed by atoms with Gasteiger partial charge in [-0.3, -0.25) is 0 Å². The second-order valence-electron chi connectivity index (χ2n) is 12.0. The number of nitrogens with one attached hydrogen (secondary N) is 7. The van der Waals surface area contributed by atoms with Crippen LogP contribution in [0.5, 0.6) is 0 Å². The fourth-order valence-electron chi connectivity index (χ4n) is 5.21. The first-order valence-corrected chi connectivity index (χ1v) is 33.9. The van der Waals surface area contributed by atoms with Crippen molar-refractivity contribution in [1.82, 2.24) is 38.7 Å². The van der Waals surface area contributed by atoms with Crippen molar-refractivity contribution in [2.75, 3.05) is 0 Å². The van der Waals surface area contributed by atoms with Gasteiger partial charge in [-0.2, -0.15) is 0 Å². The highest BCUT2D eigenvalue weighted by atomic mass is 28.5. The Hall–Kier alpha value is -0.745. The molecule has 2 aliphatic heterocycles. The molecule has 2 aliphatic rings. The zero-order chi connectivity index (χ0) is 31.3. The predicted octanol–water partition coefficient (Wildman–Crippen LogP) is 2.86. The Kier molecular flexibility index (Phi) is 16.0. The molecule has 0 saturated carbocycles. The SMILES string of the molecule is C=C[Si]1(C)N[Si](C)(C=C)N[Si](C)(C=C)N[Si](C)(C=C)N1.C=C[Si]1(C)N[Si](C)(C=C)N[Si](C)(C=C)O[Si](C)(C=C)N1.N.O. The van der Waals surface area contributed by atoms with Crippen molar-refractivity contribution >= 4 is 67.3 Å². The van der Waals surface area contributed by atoms with Gasteiger partial charge in [0.1, 0.15) is 0 Å². The second kappa shape index (κ2) is 15.5. The molecule has 10 nitrogen and oxygen atoms in total. The van der Waals surface area contributed by atoms with Gasteiger partial charge in [-0.1, -0.05) is 45.6 Å². The lowest BCUT2D eigenvalue weighted by atomic mass is 11.3. The highest BCUT2D eigenvalue weighted by molar-refractivity contribution is 7.10. The third-order valence-electron chi connectivity index (χ3n) is 7.26. The van der Waals surface area contributed by atoms with Gasteiger partial charge in [-0.05, 0) is 52.4 Å². The Balaban J connectivity index is 0. The molecule has 18 heteroatoms. The fourth-order valence-corrected chi connectivity index (χ4v) is 51.1. The fraction of sp³-hybridized carbons (Fsp3) is 0.333. The van der Waals surface area contributed by atoms with E-state index in [-0.39, 0.29) is 11.6 Å². The van der Waals surface area contributed by atoms with Gasteiger partial charge in [0.25, 0.3) is 17.0 Å². The van der Waals surface area contributed by atoms with E-state index in [9.17, 15) is 0 Å². The maximum Gasteiger partial charge on any atom is 0.276 e. The summed E-state index contributed by atoms with van der Waals surface area (Å²) in [5.41, 5.74) is 16.1. The zero-order valence-electron chi connectivity index (χ0n) is 27.4. The van der Waals surface area contributed by atoms with E-state index in [0.717, 1.165) is 0 Å². The summed E-state index contributed by atoms with van der Waals surface area (Å²) in [7, 11) is -16.4.